The molecule has 1 aromatic heterocycles. The summed E-state index contributed by atoms with van der Waals surface area (Å²) in [5.74, 6) is 0.964. The van der Waals surface area contributed by atoms with Gasteiger partial charge in [0.2, 0.25) is 5.88 Å². The second-order valence-electron chi connectivity index (χ2n) is 4.95. The van der Waals surface area contributed by atoms with Crippen LogP contribution in [0, 0.1) is 5.92 Å². The van der Waals surface area contributed by atoms with Crippen LogP contribution in [0.1, 0.15) is 37.1 Å². The van der Waals surface area contributed by atoms with Crippen molar-refractivity contribution in [3.05, 3.63) is 27.6 Å². The fourth-order valence-corrected chi connectivity index (χ4v) is 2.34. The number of nitrogens with one attached hydrogen (secondary N) is 1. The summed E-state index contributed by atoms with van der Waals surface area (Å²) in [5.41, 5.74) is 0.893. The quantitative estimate of drug-likeness (QED) is 0.879. The highest BCUT2D eigenvalue weighted by atomic mass is 16.4. The van der Waals surface area contributed by atoms with Gasteiger partial charge in [0, 0.05) is 14.0 Å². The van der Waals surface area contributed by atoms with Crippen LogP contribution in [0.3, 0.4) is 0 Å². The lowest BCUT2D eigenvalue weighted by Gasteiger charge is -2.29. The molecular weight excluding hydrogens is 248 g/mol. The molecule has 2 aliphatic rings. The van der Waals surface area contributed by atoms with E-state index in [1.54, 1.807) is 4.90 Å². The maximum absolute atomic E-state index is 12.4. The number of hydrogen-bond donors (Lipinski definition) is 1. The van der Waals surface area contributed by atoms with Crippen molar-refractivity contribution in [2.24, 2.45) is 5.92 Å². The normalized spacial score (nSPS) is 17.5. The molecule has 0 aromatic carbocycles. The minimum atomic E-state index is -0.401. The van der Waals surface area contributed by atoms with E-state index in [1.807, 2.05) is 6.92 Å². The number of amides is 1. The van der Waals surface area contributed by atoms with Gasteiger partial charge in [-0.15, -0.1) is 0 Å². The summed E-state index contributed by atoms with van der Waals surface area (Å²) < 4.78 is 5.07. The molecule has 106 valence electrons. The van der Waals surface area contributed by atoms with E-state index in [2.05, 4.69) is 5.32 Å². The van der Waals surface area contributed by atoms with Crippen molar-refractivity contribution in [1.29, 1.82) is 0 Å². The number of rotatable bonds is 3. The Kier molecular flexibility index (Phi) is 3.61. The van der Waals surface area contributed by atoms with Crippen LogP contribution in [0.15, 0.2) is 15.3 Å². The molecule has 0 saturated heterocycles. The second-order valence-corrected chi connectivity index (χ2v) is 4.95. The number of fused-ring (bicyclic) bond motifs is 1. The smallest absolute Gasteiger partial charge is 0.337 e. The van der Waals surface area contributed by atoms with Crippen molar-refractivity contribution in [1.82, 2.24) is 4.90 Å². The highest BCUT2D eigenvalue weighted by Crippen LogP contribution is 2.32. The third kappa shape index (κ3) is 2.49. The summed E-state index contributed by atoms with van der Waals surface area (Å²) in [6.45, 7) is 3.16. The Morgan fingerprint density at radius 1 is 1.47 bits per heavy atom. The fraction of sp³-hybridized carbons (Fsp3) is 0.538. The van der Waals surface area contributed by atoms with Gasteiger partial charge in [-0.05, 0) is 30.7 Å². The maximum Gasteiger partial charge on any atom is 0.337 e. The van der Waals surface area contributed by atoms with Crippen LogP contribution in [-0.2, 0) is 6.42 Å². The van der Waals surface area contributed by atoms with Gasteiger partial charge >= 0.3 is 5.63 Å². The molecule has 3 N–H and O–H groups in total. The van der Waals surface area contributed by atoms with E-state index in [-0.39, 0.29) is 12.8 Å². The van der Waals surface area contributed by atoms with Gasteiger partial charge in [0.25, 0.3) is 5.91 Å². The van der Waals surface area contributed by atoms with E-state index < -0.39 is 5.63 Å². The van der Waals surface area contributed by atoms with Gasteiger partial charge in [0.15, 0.2) is 0 Å². The van der Waals surface area contributed by atoms with Crippen molar-refractivity contribution in [2.75, 3.05) is 18.5 Å². The van der Waals surface area contributed by atoms with E-state index in [9.17, 15) is 9.59 Å². The first-order valence-electron chi connectivity index (χ1n) is 6.39. The molecule has 0 radical (unpaired) electrons. The fourth-order valence-electron chi connectivity index (χ4n) is 2.34. The van der Waals surface area contributed by atoms with Crippen LogP contribution < -0.4 is 10.9 Å². The van der Waals surface area contributed by atoms with Gasteiger partial charge in [-0.1, -0.05) is 6.92 Å². The molecule has 0 bridgehead atoms. The average Bonchev–Trinajstić information content (AvgIpc) is 3.15. The number of anilines is 1. The maximum atomic E-state index is 12.4. The first-order chi connectivity index (χ1) is 8.69. The molecule has 0 spiro atoms. The Balaban J connectivity index is 0.000001000. The largest absolute Gasteiger partial charge is 0.412 e. The topological polar surface area (TPSA) is 94.1 Å². The molecule has 0 atom stereocenters. The van der Waals surface area contributed by atoms with Crippen molar-refractivity contribution in [3.63, 3.8) is 0 Å². The van der Waals surface area contributed by atoms with E-state index in [4.69, 9.17) is 4.42 Å². The molecule has 1 aromatic rings. The Morgan fingerprint density at radius 3 is 2.84 bits per heavy atom. The number of hydrogen-bond acceptors (Lipinski definition) is 4. The molecule has 6 nitrogen and oxygen atoms in total. The van der Waals surface area contributed by atoms with Crippen LogP contribution in [0.5, 0.6) is 0 Å². The van der Waals surface area contributed by atoms with E-state index >= 15 is 0 Å². The molecule has 1 fully saturated rings. The highest BCUT2D eigenvalue weighted by Gasteiger charge is 2.33. The van der Waals surface area contributed by atoms with E-state index in [1.165, 1.54) is 18.9 Å². The van der Waals surface area contributed by atoms with E-state index in [0.717, 1.165) is 12.1 Å². The number of carbonyl (C=O) groups excluding carboxylic acids is 1. The Morgan fingerprint density at radius 2 is 2.21 bits per heavy atom. The Bertz CT molecular complexity index is 534. The zero-order valence-electron chi connectivity index (χ0n) is 10.9. The van der Waals surface area contributed by atoms with Crippen LogP contribution in [0.25, 0.3) is 0 Å². The van der Waals surface area contributed by atoms with Crippen LogP contribution in [0.2, 0.25) is 0 Å². The van der Waals surface area contributed by atoms with Crippen molar-refractivity contribution in [2.45, 2.75) is 26.2 Å². The number of carbonyl (C=O) groups is 1. The molecule has 6 heteroatoms. The molecular formula is C13H20N2O4. The average molecular weight is 268 g/mol. The lowest BCUT2D eigenvalue weighted by Crippen LogP contribution is -2.42. The molecule has 1 aliphatic carbocycles. The predicted molar refractivity (Wildman–Crippen MR) is 72.3 cm³/mol. The van der Waals surface area contributed by atoms with Gasteiger partial charge in [-0.2, -0.15) is 0 Å². The predicted octanol–water partition coefficient (Wildman–Crippen LogP) is 0.859. The van der Waals surface area contributed by atoms with Gasteiger partial charge in [-0.3, -0.25) is 4.79 Å². The third-order valence-electron chi connectivity index (χ3n) is 3.53. The minimum Gasteiger partial charge on any atom is -0.412 e. The first kappa shape index (κ1) is 13.6. The SMILES string of the molecule is CCc1cc(=O)oc2c1C(=O)N(CC1CC1)CN2.O.[HH]. The van der Waals surface area contributed by atoms with Crippen LogP contribution >= 0.6 is 0 Å². The minimum absolute atomic E-state index is 0. The second kappa shape index (κ2) is 5.05. The van der Waals surface area contributed by atoms with E-state index in [0.29, 0.717) is 30.5 Å². The molecule has 1 saturated carbocycles. The standard InChI is InChI=1S/C13H16N2O3.H2O.H2/c1-2-9-5-10(16)18-12-11(9)13(17)15(7-14-12)6-8-3-4-8;;/h5,8,14H,2-4,6-7H2,1H3;1H2;1H. The lowest BCUT2D eigenvalue weighted by molar-refractivity contribution is 0.0743. The molecule has 2 heterocycles. The number of nitrogens with zero attached hydrogens (tertiary/aromatic N) is 1. The van der Waals surface area contributed by atoms with Crippen LogP contribution in [0.4, 0.5) is 5.88 Å². The zero-order chi connectivity index (χ0) is 12.7. The first-order valence-corrected chi connectivity index (χ1v) is 6.39. The molecule has 1 aliphatic heterocycles. The van der Waals surface area contributed by atoms with Gasteiger partial charge in [0.05, 0.1) is 6.67 Å². The molecule has 19 heavy (non-hydrogen) atoms. The Hall–Kier alpha value is -1.82. The summed E-state index contributed by atoms with van der Waals surface area (Å²) in [6.07, 6.45) is 3.07. The highest BCUT2D eigenvalue weighted by molar-refractivity contribution is 6.01. The van der Waals surface area contributed by atoms with Crippen molar-refractivity contribution >= 4 is 11.8 Å². The molecule has 3 rings (SSSR count). The summed E-state index contributed by atoms with van der Waals surface area (Å²) in [7, 11) is 0. The summed E-state index contributed by atoms with van der Waals surface area (Å²) in [5, 5.41) is 3.03. The molecule has 0 unspecified atom stereocenters. The summed E-state index contributed by atoms with van der Waals surface area (Å²) in [4.78, 5) is 25.6. The van der Waals surface area contributed by atoms with Gasteiger partial charge in [0.1, 0.15) is 5.56 Å². The molecule has 1 amide bonds. The third-order valence-corrected chi connectivity index (χ3v) is 3.53. The Labute approximate surface area is 112 Å². The summed E-state index contributed by atoms with van der Waals surface area (Å²) >= 11 is 0. The van der Waals surface area contributed by atoms with Gasteiger partial charge in [-0.25, -0.2) is 4.79 Å². The van der Waals surface area contributed by atoms with Crippen LogP contribution in [-0.4, -0.2) is 29.5 Å². The monoisotopic (exact) mass is 268 g/mol. The zero-order valence-corrected chi connectivity index (χ0v) is 10.9. The van der Waals surface area contributed by atoms with Crippen molar-refractivity contribution < 1.29 is 16.1 Å². The van der Waals surface area contributed by atoms with Gasteiger partial charge < -0.3 is 20.1 Å². The number of aryl methyl sites for hydroxylation is 1. The summed E-state index contributed by atoms with van der Waals surface area (Å²) in [6, 6.07) is 1.42. The van der Waals surface area contributed by atoms with Crippen molar-refractivity contribution in [3.8, 4) is 0 Å². The lowest BCUT2D eigenvalue weighted by atomic mass is 10.1.